The Kier molecular flexibility index (Phi) is 6.32. The molecule has 0 unspecified atom stereocenters. The van der Waals surface area contributed by atoms with Crippen molar-refractivity contribution in [3.05, 3.63) is 53.6 Å². The summed E-state index contributed by atoms with van der Waals surface area (Å²) < 4.78 is 16.5. The van der Waals surface area contributed by atoms with E-state index in [1.165, 1.54) is 0 Å². The van der Waals surface area contributed by atoms with Crippen molar-refractivity contribution >= 4 is 17.2 Å². The van der Waals surface area contributed by atoms with Crippen LogP contribution in [0.2, 0.25) is 0 Å². The molecule has 2 aromatic rings. The molecule has 0 saturated heterocycles. The lowest BCUT2D eigenvalue weighted by molar-refractivity contribution is 0.0773. The van der Waals surface area contributed by atoms with Crippen molar-refractivity contribution in [3.8, 4) is 17.2 Å². The fourth-order valence-electron chi connectivity index (χ4n) is 3.49. The first-order valence-electron chi connectivity index (χ1n) is 9.54. The maximum Gasteiger partial charge on any atom is 0.254 e. The van der Waals surface area contributed by atoms with Crippen LogP contribution in [0.25, 0.3) is 5.57 Å². The van der Waals surface area contributed by atoms with Crippen LogP contribution in [0.1, 0.15) is 22.3 Å². The number of methoxy groups -OCH3 is 3. The minimum Gasteiger partial charge on any atom is -0.496 e. The van der Waals surface area contributed by atoms with Crippen LogP contribution in [-0.2, 0) is 0 Å². The lowest BCUT2D eigenvalue weighted by Crippen LogP contribution is -2.34. The minimum absolute atomic E-state index is 0.0410. The van der Waals surface area contributed by atoms with Crippen molar-refractivity contribution in [1.82, 2.24) is 4.90 Å². The number of hydrogen-bond donors (Lipinski definition) is 0. The number of rotatable bonds is 6. The average molecular weight is 396 g/mol. The second kappa shape index (κ2) is 8.90. The molecule has 0 spiro atoms. The van der Waals surface area contributed by atoms with Crippen molar-refractivity contribution in [3.63, 3.8) is 0 Å². The molecule has 6 heteroatoms. The summed E-state index contributed by atoms with van der Waals surface area (Å²) in [5, 5.41) is 0. The Morgan fingerprint density at radius 2 is 1.59 bits per heavy atom. The maximum absolute atomic E-state index is 12.9. The molecule has 29 heavy (non-hydrogen) atoms. The van der Waals surface area contributed by atoms with E-state index in [-0.39, 0.29) is 5.91 Å². The van der Waals surface area contributed by atoms with Crippen LogP contribution in [-0.4, -0.2) is 59.3 Å². The summed E-state index contributed by atoms with van der Waals surface area (Å²) >= 11 is 0. The van der Waals surface area contributed by atoms with Gasteiger partial charge in [0.05, 0.1) is 26.9 Å². The third-order valence-electron chi connectivity index (χ3n) is 5.16. The minimum atomic E-state index is 0.0410. The molecule has 154 valence electrons. The summed E-state index contributed by atoms with van der Waals surface area (Å²) in [6, 6.07) is 11.4. The maximum atomic E-state index is 12.9. The Balaban J connectivity index is 1.81. The summed E-state index contributed by atoms with van der Waals surface area (Å²) in [7, 11) is 8.84. The Labute approximate surface area is 172 Å². The summed E-state index contributed by atoms with van der Waals surface area (Å²) in [6.07, 6.45) is 2.79. The van der Waals surface area contributed by atoms with Gasteiger partial charge in [-0.2, -0.15) is 0 Å². The standard InChI is InChI=1S/C23H28N2O4/c1-24(2)18-8-6-17(7-9-18)23(26)25-12-10-16(11-13-25)22-20(28-4)14-19(27-3)15-21(22)29-5/h6-10,14-15H,11-13H2,1-5H3. The van der Waals surface area contributed by atoms with Gasteiger partial charge in [0.1, 0.15) is 17.2 Å². The van der Waals surface area contributed by atoms with E-state index in [1.54, 1.807) is 21.3 Å². The van der Waals surface area contributed by atoms with Crippen LogP contribution < -0.4 is 19.1 Å². The SMILES string of the molecule is COc1cc(OC)c(C2=CCN(C(=O)c3ccc(N(C)C)cc3)CC2)c(OC)c1. The predicted octanol–water partition coefficient (Wildman–Crippen LogP) is 3.71. The molecule has 0 bridgehead atoms. The molecule has 0 saturated carbocycles. The smallest absolute Gasteiger partial charge is 0.254 e. The zero-order chi connectivity index (χ0) is 21.0. The van der Waals surface area contributed by atoms with Gasteiger partial charge in [0.2, 0.25) is 0 Å². The molecule has 2 aromatic carbocycles. The number of carbonyl (C=O) groups is 1. The second-order valence-electron chi connectivity index (χ2n) is 7.08. The van der Waals surface area contributed by atoms with E-state index < -0.39 is 0 Å². The Morgan fingerprint density at radius 1 is 0.966 bits per heavy atom. The fraction of sp³-hybridized carbons (Fsp3) is 0.348. The Hall–Kier alpha value is -3.15. The molecule has 0 aromatic heterocycles. The van der Waals surface area contributed by atoms with Gasteiger partial charge in [-0.05, 0) is 36.3 Å². The van der Waals surface area contributed by atoms with Gasteiger partial charge >= 0.3 is 0 Å². The highest BCUT2D eigenvalue weighted by Gasteiger charge is 2.23. The van der Waals surface area contributed by atoms with Crippen LogP contribution in [0.5, 0.6) is 17.2 Å². The lowest BCUT2D eigenvalue weighted by Gasteiger charge is -2.28. The molecule has 1 aliphatic heterocycles. The molecular formula is C23H28N2O4. The normalized spacial score (nSPS) is 13.6. The van der Waals surface area contributed by atoms with Gasteiger partial charge < -0.3 is 24.0 Å². The molecule has 0 N–H and O–H groups in total. The van der Waals surface area contributed by atoms with Crippen LogP contribution >= 0.6 is 0 Å². The van der Waals surface area contributed by atoms with Gasteiger partial charge in [-0.25, -0.2) is 0 Å². The van der Waals surface area contributed by atoms with Crippen molar-refractivity contribution in [2.75, 3.05) is 53.4 Å². The quantitative estimate of drug-likeness (QED) is 0.745. The van der Waals surface area contributed by atoms with Crippen molar-refractivity contribution < 1.29 is 19.0 Å². The topological polar surface area (TPSA) is 51.2 Å². The van der Waals surface area contributed by atoms with Gasteiger partial charge in [-0.3, -0.25) is 4.79 Å². The van der Waals surface area contributed by atoms with E-state index in [0.717, 1.165) is 23.2 Å². The number of benzene rings is 2. The molecule has 0 aliphatic carbocycles. The largest absolute Gasteiger partial charge is 0.496 e. The second-order valence-corrected chi connectivity index (χ2v) is 7.08. The van der Waals surface area contributed by atoms with Gasteiger partial charge in [0.15, 0.2) is 0 Å². The third kappa shape index (κ3) is 4.31. The van der Waals surface area contributed by atoms with E-state index in [4.69, 9.17) is 14.2 Å². The van der Waals surface area contributed by atoms with Crippen molar-refractivity contribution in [2.45, 2.75) is 6.42 Å². The first kappa shape index (κ1) is 20.6. The van der Waals surface area contributed by atoms with Crippen LogP contribution in [0, 0.1) is 0 Å². The first-order chi connectivity index (χ1) is 14.0. The van der Waals surface area contributed by atoms with E-state index in [2.05, 4.69) is 6.08 Å². The first-order valence-corrected chi connectivity index (χ1v) is 9.54. The number of amides is 1. The molecular weight excluding hydrogens is 368 g/mol. The van der Waals surface area contributed by atoms with Crippen molar-refractivity contribution in [2.24, 2.45) is 0 Å². The van der Waals surface area contributed by atoms with Gasteiger partial charge in [0, 0.05) is 50.6 Å². The predicted molar refractivity (Wildman–Crippen MR) is 115 cm³/mol. The van der Waals surface area contributed by atoms with E-state index in [1.807, 2.05) is 60.3 Å². The fourth-order valence-corrected chi connectivity index (χ4v) is 3.49. The zero-order valence-electron chi connectivity index (χ0n) is 17.7. The molecule has 1 aliphatic rings. The van der Waals surface area contributed by atoms with E-state index in [0.29, 0.717) is 35.9 Å². The summed E-state index contributed by atoms with van der Waals surface area (Å²) in [6.45, 7) is 1.18. The van der Waals surface area contributed by atoms with Crippen LogP contribution in [0.15, 0.2) is 42.5 Å². The number of anilines is 1. The monoisotopic (exact) mass is 396 g/mol. The molecule has 1 heterocycles. The van der Waals surface area contributed by atoms with Gasteiger partial charge in [-0.1, -0.05) is 6.08 Å². The number of nitrogens with zero attached hydrogens (tertiary/aromatic N) is 2. The van der Waals surface area contributed by atoms with Crippen LogP contribution in [0.4, 0.5) is 5.69 Å². The third-order valence-corrected chi connectivity index (χ3v) is 5.16. The summed E-state index contributed by atoms with van der Waals surface area (Å²) in [4.78, 5) is 16.7. The Morgan fingerprint density at radius 3 is 2.03 bits per heavy atom. The molecule has 0 atom stereocenters. The highest BCUT2D eigenvalue weighted by molar-refractivity contribution is 5.95. The molecule has 0 fully saturated rings. The number of ether oxygens (including phenoxy) is 3. The summed E-state index contributed by atoms with van der Waals surface area (Å²) in [5.74, 6) is 2.12. The zero-order valence-corrected chi connectivity index (χ0v) is 17.7. The number of carbonyl (C=O) groups excluding carboxylic acids is 1. The highest BCUT2D eigenvalue weighted by Crippen LogP contribution is 2.40. The van der Waals surface area contributed by atoms with Gasteiger partial charge in [-0.15, -0.1) is 0 Å². The summed E-state index contributed by atoms with van der Waals surface area (Å²) in [5.41, 5.74) is 3.79. The molecule has 6 nitrogen and oxygen atoms in total. The number of hydrogen-bond acceptors (Lipinski definition) is 5. The highest BCUT2D eigenvalue weighted by atomic mass is 16.5. The molecule has 0 radical (unpaired) electrons. The lowest BCUT2D eigenvalue weighted by atomic mass is 9.96. The molecule has 1 amide bonds. The van der Waals surface area contributed by atoms with Crippen LogP contribution in [0.3, 0.4) is 0 Å². The molecule has 3 rings (SSSR count). The van der Waals surface area contributed by atoms with Gasteiger partial charge in [0.25, 0.3) is 5.91 Å². The average Bonchev–Trinajstić information content (AvgIpc) is 2.77. The van der Waals surface area contributed by atoms with E-state index >= 15 is 0 Å². The van der Waals surface area contributed by atoms with Crippen molar-refractivity contribution in [1.29, 1.82) is 0 Å². The van der Waals surface area contributed by atoms with E-state index in [9.17, 15) is 4.79 Å². The Bertz CT molecular complexity index is 879.